The molecule has 2 amide bonds. The number of fused-ring (bicyclic) bond motifs is 1. The Morgan fingerprint density at radius 1 is 1.19 bits per heavy atom. The number of aromatic nitrogens is 1. The lowest BCUT2D eigenvalue weighted by Crippen LogP contribution is -2.49. The molecule has 36 heavy (non-hydrogen) atoms. The van der Waals surface area contributed by atoms with Gasteiger partial charge >= 0.3 is 0 Å². The minimum absolute atomic E-state index is 0.0370. The Labute approximate surface area is 209 Å². The van der Waals surface area contributed by atoms with Gasteiger partial charge in [-0.25, -0.2) is 0 Å². The molecule has 1 aromatic heterocycles. The summed E-state index contributed by atoms with van der Waals surface area (Å²) in [6.07, 6.45) is 1.47. The van der Waals surface area contributed by atoms with E-state index in [0.29, 0.717) is 28.5 Å². The highest BCUT2D eigenvalue weighted by Gasteiger charge is 2.31. The Bertz CT molecular complexity index is 1330. The molecule has 0 bridgehead atoms. The third-order valence-corrected chi connectivity index (χ3v) is 5.54. The van der Waals surface area contributed by atoms with E-state index in [1.54, 1.807) is 43.4 Å². The standard InChI is InChI=1S/C28H27N3O5/c1-28(2,18-32)13-11-19-9-10-25-24(15-19)31(3)27(34)23(17-35-25)30-26(33)22-16-21(12-14-29-22)36-20-7-5-4-6-8-20/h4-10,12,14-16,23,32H,17-18H2,1-3H3,(H,30,33)/t23-/m1/s1. The maximum absolute atomic E-state index is 13.2. The fourth-order valence-corrected chi connectivity index (χ4v) is 3.42. The second-order valence-corrected chi connectivity index (χ2v) is 9.00. The smallest absolute Gasteiger partial charge is 0.270 e. The van der Waals surface area contributed by atoms with Crippen molar-refractivity contribution >= 4 is 17.5 Å². The van der Waals surface area contributed by atoms with Crippen molar-refractivity contribution in [1.82, 2.24) is 10.3 Å². The minimum Gasteiger partial charge on any atom is -0.489 e. The Balaban J connectivity index is 1.48. The molecule has 1 aliphatic rings. The van der Waals surface area contributed by atoms with E-state index in [1.165, 1.54) is 17.2 Å². The number of aliphatic hydroxyl groups is 1. The number of anilines is 1. The number of ether oxygens (including phenoxy) is 2. The van der Waals surface area contributed by atoms with E-state index in [2.05, 4.69) is 22.1 Å². The van der Waals surface area contributed by atoms with Crippen LogP contribution in [0.25, 0.3) is 0 Å². The highest BCUT2D eigenvalue weighted by atomic mass is 16.5. The van der Waals surface area contributed by atoms with E-state index < -0.39 is 17.4 Å². The van der Waals surface area contributed by atoms with Crippen LogP contribution >= 0.6 is 0 Å². The fraction of sp³-hybridized carbons (Fsp3) is 0.250. The van der Waals surface area contributed by atoms with Crippen LogP contribution in [0.1, 0.15) is 29.9 Å². The van der Waals surface area contributed by atoms with Crippen LogP contribution in [-0.2, 0) is 4.79 Å². The molecule has 2 heterocycles. The van der Waals surface area contributed by atoms with Gasteiger partial charge in [0.25, 0.3) is 11.8 Å². The quantitative estimate of drug-likeness (QED) is 0.538. The van der Waals surface area contributed by atoms with Crippen LogP contribution in [0.5, 0.6) is 17.2 Å². The number of amides is 2. The highest BCUT2D eigenvalue weighted by Crippen LogP contribution is 2.31. The first-order valence-electron chi connectivity index (χ1n) is 11.4. The molecule has 0 radical (unpaired) electrons. The van der Waals surface area contributed by atoms with Gasteiger partial charge < -0.3 is 24.8 Å². The molecule has 2 N–H and O–H groups in total. The second-order valence-electron chi connectivity index (χ2n) is 9.00. The van der Waals surface area contributed by atoms with E-state index in [4.69, 9.17) is 9.47 Å². The van der Waals surface area contributed by atoms with Crippen molar-refractivity contribution < 1.29 is 24.2 Å². The Morgan fingerprint density at radius 3 is 2.72 bits per heavy atom. The molecular weight excluding hydrogens is 458 g/mol. The molecule has 4 rings (SSSR count). The van der Waals surface area contributed by atoms with Gasteiger partial charge in [-0.05, 0) is 50.2 Å². The van der Waals surface area contributed by atoms with Crippen LogP contribution in [-0.4, -0.2) is 48.2 Å². The van der Waals surface area contributed by atoms with Crippen molar-refractivity contribution in [1.29, 1.82) is 0 Å². The van der Waals surface area contributed by atoms with E-state index in [1.807, 2.05) is 32.0 Å². The molecule has 1 aliphatic heterocycles. The summed E-state index contributed by atoms with van der Waals surface area (Å²) >= 11 is 0. The average Bonchev–Trinajstić information content (AvgIpc) is 3.00. The van der Waals surface area contributed by atoms with Crippen molar-refractivity contribution in [2.24, 2.45) is 5.41 Å². The van der Waals surface area contributed by atoms with Crippen molar-refractivity contribution in [2.75, 3.05) is 25.2 Å². The molecule has 8 heteroatoms. The van der Waals surface area contributed by atoms with Gasteiger partial charge in [0.05, 0.1) is 12.3 Å². The van der Waals surface area contributed by atoms with E-state index in [9.17, 15) is 14.7 Å². The summed E-state index contributed by atoms with van der Waals surface area (Å²) in [5.74, 6) is 6.80. The Morgan fingerprint density at radius 2 is 1.97 bits per heavy atom. The Hall–Kier alpha value is -4.35. The first-order chi connectivity index (χ1) is 17.3. The third kappa shape index (κ3) is 5.82. The van der Waals surface area contributed by atoms with Gasteiger partial charge in [0, 0.05) is 30.3 Å². The Kier molecular flexibility index (Phi) is 7.23. The fourth-order valence-electron chi connectivity index (χ4n) is 3.42. The molecule has 8 nitrogen and oxygen atoms in total. The number of hydrogen-bond acceptors (Lipinski definition) is 6. The van der Waals surface area contributed by atoms with Gasteiger partial charge in [-0.1, -0.05) is 30.0 Å². The van der Waals surface area contributed by atoms with Gasteiger partial charge in [-0.15, -0.1) is 0 Å². The number of nitrogens with one attached hydrogen (secondary N) is 1. The monoisotopic (exact) mass is 485 g/mol. The van der Waals surface area contributed by atoms with Crippen LogP contribution in [0.3, 0.4) is 0 Å². The maximum atomic E-state index is 13.2. The number of para-hydroxylation sites is 1. The molecule has 184 valence electrons. The predicted octanol–water partition coefficient (Wildman–Crippen LogP) is 3.40. The number of benzene rings is 2. The molecule has 0 unspecified atom stereocenters. The van der Waals surface area contributed by atoms with Gasteiger partial charge in [0.1, 0.15) is 35.6 Å². The predicted molar refractivity (Wildman–Crippen MR) is 135 cm³/mol. The average molecular weight is 486 g/mol. The largest absolute Gasteiger partial charge is 0.489 e. The summed E-state index contributed by atoms with van der Waals surface area (Å²) in [7, 11) is 1.62. The zero-order chi connectivity index (χ0) is 25.7. The molecule has 0 spiro atoms. The SMILES string of the molecule is CN1C(=O)[C@H](NC(=O)c2cc(Oc3ccccc3)ccn2)COc2ccc(C#CC(C)(C)CO)cc21. The van der Waals surface area contributed by atoms with E-state index in [0.717, 1.165) is 0 Å². The highest BCUT2D eigenvalue weighted by molar-refractivity contribution is 6.03. The van der Waals surface area contributed by atoms with Crippen molar-refractivity contribution in [3.63, 3.8) is 0 Å². The third-order valence-electron chi connectivity index (χ3n) is 5.54. The number of carbonyl (C=O) groups excluding carboxylic acids is 2. The molecule has 0 aliphatic carbocycles. The molecule has 2 aromatic carbocycles. The molecule has 3 aromatic rings. The lowest BCUT2D eigenvalue weighted by atomic mass is 9.95. The molecule has 1 atom stereocenters. The van der Waals surface area contributed by atoms with Gasteiger partial charge in [0.2, 0.25) is 0 Å². The summed E-state index contributed by atoms with van der Waals surface area (Å²) in [5.41, 5.74) is 0.796. The number of carbonyl (C=O) groups is 2. The summed E-state index contributed by atoms with van der Waals surface area (Å²) in [5, 5.41) is 12.1. The lowest BCUT2D eigenvalue weighted by molar-refractivity contribution is -0.120. The van der Waals surface area contributed by atoms with Crippen molar-refractivity contribution in [3.05, 3.63) is 78.1 Å². The normalized spacial score (nSPS) is 15.1. The summed E-state index contributed by atoms with van der Waals surface area (Å²) in [6, 6.07) is 16.7. The van der Waals surface area contributed by atoms with Crippen LogP contribution in [0.4, 0.5) is 5.69 Å². The molecular formula is C28H27N3O5. The van der Waals surface area contributed by atoms with Crippen LogP contribution in [0.2, 0.25) is 0 Å². The summed E-state index contributed by atoms with van der Waals surface area (Å²) in [4.78, 5) is 31.7. The van der Waals surface area contributed by atoms with Gasteiger partial charge in [0.15, 0.2) is 0 Å². The number of likely N-dealkylation sites (N-methyl/N-ethyl adjacent to an activating group) is 1. The zero-order valence-electron chi connectivity index (χ0n) is 20.3. The van der Waals surface area contributed by atoms with Crippen molar-refractivity contribution in [3.8, 4) is 29.1 Å². The zero-order valence-corrected chi connectivity index (χ0v) is 20.3. The number of pyridine rings is 1. The van der Waals surface area contributed by atoms with Gasteiger partial charge in [-0.2, -0.15) is 0 Å². The van der Waals surface area contributed by atoms with E-state index >= 15 is 0 Å². The second kappa shape index (κ2) is 10.5. The molecule has 0 saturated carbocycles. The lowest BCUT2D eigenvalue weighted by Gasteiger charge is -2.20. The first kappa shape index (κ1) is 24.8. The minimum atomic E-state index is -0.918. The summed E-state index contributed by atoms with van der Waals surface area (Å²) < 4.78 is 11.6. The van der Waals surface area contributed by atoms with Crippen LogP contribution in [0.15, 0.2) is 66.9 Å². The number of aliphatic hydroxyl groups excluding tert-OH is 1. The van der Waals surface area contributed by atoms with E-state index in [-0.39, 0.29) is 24.8 Å². The summed E-state index contributed by atoms with van der Waals surface area (Å²) in [6.45, 7) is 3.58. The number of hydrogen-bond donors (Lipinski definition) is 2. The maximum Gasteiger partial charge on any atom is 0.270 e. The molecule has 0 saturated heterocycles. The van der Waals surface area contributed by atoms with Gasteiger partial charge in [-0.3, -0.25) is 14.6 Å². The first-order valence-corrected chi connectivity index (χ1v) is 11.4. The topological polar surface area (TPSA) is 101 Å². The number of nitrogens with zero attached hydrogens (tertiary/aromatic N) is 2. The molecule has 0 fully saturated rings. The van der Waals surface area contributed by atoms with Crippen LogP contribution < -0.4 is 19.7 Å². The van der Waals surface area contributed by atoms with Crippen molar-refractivity contribution in [2.45, 2.75) is 19.9 Å². The number of rotatable bonds is 5. The van der Waals surface area contributed by atoms with Crippen LogP contribution in [0, 0.1) is 17.3 Å².